The van der Waals surface area contributed by atoms with Crippen molar-refractivity contribution in [3.63, 3.8) is 0 Å². The van der Waals surface area contributed by atoms with E-state index in [1.54, 1.807) is 23.5 Å². The fourth-order valence-corrected chi connectivity index (χ4v) is 5.36. The maximum absolute atomic E-state index is 11.6. The van der Waals surface area contributed by atoms with E-state index >= 15 is 0 Å². The fourth-order valence-electron chi connectivity index (χ4n) is 3.53. The van der Waals surface area contributed by atoms with Crippen molar-refractivity contribution >= 4 is 63.7 Å². The highest BCUT2D eigenvalue weighted by molar-refractivity contribution is 7.99. The summed E-state index contributed by atoms with van der Waals surface area (Å²) in [5.74, 6) is 0.312. The number of nitrogens with zero attached hydrogens (tertiary/aromatic N) is 1. The molecule has 0 bridgehead atoms. The lowest BCUT2D eigenvalue weighted by Gasteiger charge is -2.15. The Bertz CT molecular complexity index is 1510. The lowest BCUT2D eigenvalue weighted by atomic mass is 10.2. The number of aromatic nitrogens is 2. The van der Waals surface area contributed by atoms with Gasteiger partial charge in [-0.25, -0.2) is 9.78 Å². The van der Waals surface area contributed by atoms with Gasteiger partial charge in [-0.1, -0.05) is 59.9 Å². The first-order valence-electron chi connectivity index (χ1n) is 11.1. The molecule has 0 saturated heterocycles. The van der Waals surface area contributed by atoms with Gasteiger partial charge in [-0.3, -0.25) is 5.32 Å². The van der Waals surface area contributed by atoms with E-state index in [1.165, 1.54) is 7.11 Å². The summed E-state index contributed by atoms with van der Waals surface area (Å²) in [5, 5.41) is 6.07. The van der Waals surface area contributed by atoms with Gasteiger partial charge >= 0.3 is 6.09 Å². The van der Waals surface area contributed by atoms with Gasteiger partial charge in [0.25, 0.3) is 0 Å². The molecule has 0 fully saturated rings. The molecule has 5 aromatic rings. The number of hydrogen-bond donors (Lipinski definition) is 4. The molecule has 36 heavy (non-hydrogen) atoms. The SMILES string of the molecule is COC(=O)Nc1nc2cc(Sc3ccccc3)c(Nc3ccc(Sc4ccccc4)cc3N)cc2[nH]1. The molecule has 4 aromatic carbocycles. The quantitative estimate of drug-likeness (QED) is 0.168. The van der Waals surface area contributed by atoms with E-state index in [2.05, 4.69) is 49.6 Å². The number of rotatable bonds is 7. The van der Waals surface area contributed by atoms with Crippen LogP contribution in [0, 0.1) is 0 Å². The smallest absolute Gasteiger partial charge is 0.413 e. The Morgan fingerprint density at radius 3 is 2.22 bits per heavy atom. The molecule has 0 unspecified atom stereocenters. The number of nitrogens with two attached hydrogens (primary N) is 1. The monoisotopic (exact) mass is 513 g/mol. The number of benzene rings is 4. The Morgan fingerprint density at radius 1 is 0.861 bits per heavy atom. The van der Waals surface area contributed by atoms with Gasteiger partial charge in [0.05, 0.1) is 35.2 Å². The number of H-pyrrole nitrogens is 1. The Balaban J connectivity index is 1.47. The second-order valence-corrected chi connectivity index (χ2v) is 10.0. The van der Waals surface area contributed by atoms with Crippen LogP contribution < -0.4 is 16.4 Å². The van der Waals surface area contributed by atoms with E-state index in [0.717, 1.165) is 36.5 Å². The van der Waals surface area contributed by atoms with E-state index in [0.29, 0.717) is 17.2 Å². The topological polar surface area (TPSA) is 105 Å². The molecule has 1 aromatic heterocycles. The first-order valence-corrected chi connectivity index (χ1v) is 12.7. The number of carbonyl (C=O) groups is 1. The van der Waals surface area contributed by atoms with Crippen molar-refractivity contribution in [1.82, 2.24) is 9.97 Å². The van der Waals surface area contributed by atoms with Gasteiger partial charge in [-0.15, -0.1) is 0 Å². The molecule has 1 heterocycles. The molecular weight excluding hydrogens is 490 g/mol. The predicted octanol–water partition coefficient (Wildman–Crippen LogP) is 7.37. The highest BCUT2D eigenvalue weighted by Crippen LogP contribution is 2.39. The predicted molar refractivity (Wildman–Crippen MR) is 147 cm³/mol. The largest absolute Gasteiger partial charge is 0.453 e. The summed E-state index contributed by atoms with van der Waals surface area (Å²) in [6.45, 7) is 0. The molecule has 7 nitrogen and oxygen atoms in total. The van der Waals surface area contributed by atoms with Crippen LogP contribution in [0.4, 0.5) is 27.8 Å². The normalized spacial score (nSPS) is 10.8. The number of anilines is 4. The Morgan fingerprint density at radius 2 is 1.56 bits per heavy atom. The zero-order valence-electron chi connectivity index (χ0n) is 19.3. The lowest BCUT2D eigenvalue weighted by Crippen LogP contribution is -2.11. The van der Waals surface area contributed by atoms with Crippen molar-refractivity contribution < 1.29 is 9.53 Å². The number of imidazole rings is 1. The summed E-state index contributed by atoms with van der Waals surface area (Å²) in [7, 11) is 1.31. The summed E-state index contributed by atoms with van der Waals surface area (Å²) in [6, 6.07) is 30.2. The zero-order chi connectivity index (χ0) is 24.9. The molecule has 1 amide bonds. The van der Waals surface area contributed by atoms with Crippen LogP contribution in [-0.2, 0) is 4.74 Å². The number of hydrogen-bond acceptors (Lipinski definition) is 7. The number of nitrogens with one attached hydrogen (secondary N) is 3. The molecule has 9 heteroatoms. The fraction of sp³-hybridized carbons (Fsp3) is 0.0370. The minimum Gasteiger partial charge on any atom is -0.453 e. The number of methoxy groups -OCH3 is 1. The van der Waals surface area contributed by atoms with E-state index in [4.69, 9.17) is 5.73 Å². The molecule has 0 saturated carbocycles. The molecule has 0 aliphatic rings. The van der Waals surface area contributed by atoms with Gasteiger partial charge < -0.3 is 20.8 Å². The van der Waals surface area contributed by atoms with E-state index in [9.17, 15) is 4.79 Å². The van der Waals surface area contributed by atoms with Crippen LogP contribution in [-0.4, -0.2) is 23.2 Å². The van der Waals surface area contributed by atoms with Gasteiger partial charge in [0.15, 0.2) is 0 Å². The number of fused-ring (bicyclic) bond motifs is 1. The Kier molecular flexibility index (Phi) is 7.01. The molecule has 0 aliphatic heterocycles. The summed E-state index contributed by atoms with van der Waals surface area (Å²) in [5.41, 5.74) is 10.2. The number of carbonyl (C=O) groups excluding carboxylic acids is 1. The molecule has 0 atom stereocenters. The average Bonchev–Trinajstić information content (AvgIpc) is 3.27. The van der Waals surface area contributed by atoms with Gasteiger partial charge in [0.1, 0.15) is 0 Å². The molecule has 0 aliphatic carbocycles. The second kappa shape index (κ2) is 10.7. The Labute approximate surface area is 216 Å². The summed E-state index contributed by atoms with van der Waals surface area (Å²) >= 11 is 3.28. The summed E-state index contributed by atoms with van der Waals surface area (Å²) in [6.07, 6.45) is -0.590. The van der Waals surface area contributed by atoms with Crippen LogP contribution in [0.5, 0.6) is 0 Å². The third-order valence-corrected chi connectivity index (χ3v) is 7.29. The molecule has 5 rings (SSSR count). The van der Waals surface area contributed by atoms with Gasteiger partial charge in [-0.05, 0) is 54.6 Å². The van der Waals surface area contributed by atoms with E-state index in [1.807, 2.05) is 66.7 Å². The van der Waals surface area contributed by atoms with Gasteiger partial charge in [0, 0.05) is 19.6 Å². The van der Waals surface area contributed by atoms with Gasteiger partial charge in [0.2, 0.25) is 5.95 Å². The minimum absolute atomic E-state index is 0.312. The number of aromatic amines is 1. The highest BCUT2D eigenvalue weighted by atomic mass is 32.2. The van der Waals surface area contributed by atoms with Crippen molar-refractivity contribution in [2.75, 3.05) is 23.5 Å². The van der Waals surface area contributed by atoms with Crippen LogP contribution >= 0.6 is 23.5 Å². The highest BCUT2D eigenvalue weighted by Gasteiger charge is 2.14. The summed E-state index contributed by atoms with van der Waals surface area (Å²) < 4.78 is 4.67. The van der Waals surface area contributed by atoms with Crippen LogP contribution in [0.25, 0.3) is 11.0 Å². The summed E-state index contributed by atoms with van der Waals surface area (Å²) in [4.78, 5) is 23.5. The van der Waals surface area contributed by atoms with Crippen molar-refractivity contribution in [1.29, 1.82) is 0 Å². The minimum atomic E-state index is -0.590. The molecular formula is C27H23N5O2S2. The second-order valence-electron chi connectivity index (χ2n) is 7.77. The first-order chi connectivity index (χ1) is 17.6. The maximum Gasteiger partial charge on any atom is 0.413 e. The van der Waals surface area contributed by atoms with Crippen molar-refractivity contribution in [3.8, 4) is 0 Å². The van der Waals surface area contributed by atoms with Crippen molar-refractivity contribution in [3.05, 3.63) is 91.0 Å². The van der Waals surface area contributed by atoms with Gasteiger partial charge in [-0.2, -0.15) is 0 Å². The van der Waals surface area contributed by atoms with Crippen LogP contribution in [0.15, 0.2) is 111 Å². The van der Waals surface area contributed by atoms with E-state index < -0.39 is 6.09 Å². The maximum atomic E-state index is 11.6. The zero-order valence-corrected chi connectivity index (χ0v) is 21.0. The molecule has 5 N–H and O–H groups in total. The molecule has 180 valence electrons. The van der Waals surface area contributed by atoms with Crippen LogP contribution in [0.2, 0.25) is 0 Å². The third-order valence-electron chi connectivity index (χ3n) is 5.23. The van der Waals surface area contributed by atoms with Crippen LogP contribution in [0.1, 0.15) is 0 Å². The lowest BCUT2D eigenvalue weighted by molar-refractivity contribution is 0.186. The standard InChI is InChI=1S/C27H23N5O2S2/c1-34-27(33)32-26-30-22-15-24(25(16-23(22)31-26)36-18-10-6-3-7-11-18)29-21-13-12-19(14-20(21)28)35-17-8-4-2-5-9-17/h2-16,29H,28H2,1H3,(H2,30,31,32,33). The number of amides is 1. The van der Waals surface area contributed by atoms with Crippen molar-refractivity contribution in [2.24, 2.45) is 0 Å². The molecule has 0 radical (unpaired) electrons. The average molecular weight is 514 g/mol. The Hall–Kier alpha value is -4.08. The first kappa shape index (κ1) is 23.7. The van der Waals surface area contributed by atoms with Crippen LogP contribution in [0.3, 0.4) is 0 Å². The number of ether oxygens (including phenoxy) is 1. The van der Waals surface area contributed by atoms with E-state index in [-0.39, 0.29) is 0 Å². The number of nitrogen functional groups attached to an aromatic ring is 1. The molecule has 0 spiro atoms. The third kappa shape index (κ3) is 5.59. The van der Waals surface area contributed by atoms with Crippen molar-refractivity contribution in [2.45, 2.75) is 19.6 Å².